The molecule has 1 aromatic rings. The van der Waals surface area contributed by atoms with Gasteiger partial charge in [-0.1, -0.05) is 0 Å². The van der Waals surface area contributed by atoms with Crippen molar-refractivity contribution in [1.29, 1.82) is 5.26 Å². The van der Waals surface area contributed by atoms with Crippen LogP contribution in [0.2, 0.25) is 0 Å². The second-order valence-corrected chi connectivity index (χ2v) is 2.52. The molecule has 0 saturated heterocycles. The molecule has 2 rings (SSSR count). The molecule has 0 bridgehead atoms. The lowest BCUT2D eigenvalue weighted by molar-refractivity contribution is 0.406. The molecule has 0 saturated carbocycles. The SMILES string of the molecule is N#CN1Cc2cnn(N)c2C1. The summed E-state index contributed by atoms with van der Waals surface area (Å²) in [5.41, 5.74) is 1.99. The van der Waals surface area contributed by atoms with E-state index in [0.717, 1.165) is 11.3 Å². The zero-order valence-electron chi connectivity index (χ0n) is 5.86. The fourth-order valence-corrected chi connectivity index (χ4v) is 1.24. The molecule has 0 spiro atoms. The molecule has 2 heterocycles. The topological polar surface area (TPSA) is 70.9 Å². The van der Waals surface area contributed by atoms with Gasteiger partial charge in [-0.2, -0.15) is 15.2 Å². The van der Waals surface area contributed by atoms with Gasteiger partial charge in [-0.25, -0.2) is 0 Å². The van der Waals surface area contributed by atoms with Crippen molar-refractivity contribution in [2.45, 2.75) is 13.1 Å². The van der Waals surface area contributed by atoms with Crippen LogP contribution in [0.4, 0.5) is 0 Å². The number of hydrogen-bond acceptors (Lipinski definition) is 4. The van der Waals surface area contributed by atoms with Gasteiger partial charge in [-0.05, 0) is 0 Å². The van der Waals surface area contributed by atoms with Crippen LogP contribution < -0.4 is 5.84 Å². The van der Waals surface area contributed by atoms with E-state index < -0.39 is 0 Å². The first-order chi connectivity index (χ1) is 5.31. The molecule has 5 heteroatoms. The molecular weight excluding hydrogens is 142 g/mol. The van der Waals surface area contributed by atoms with Gasteiger partial charge in [-0.3, -0.25) is 0 Å². The van der Waals surface area contributed by atoms with E-state index in [0.29, 0.717) is 13.1 Å². The van der Waals surface area contributed by atoms with Crippen molar-refractivity contribution in [3.05, 3.63) is 17.5 Å². The first-order valence-electron chi connectivity index (χ1n) is 3.27. The second-order valence-electron chi connectivity index (χ2n) is 2.52. The van der Waals surface area contributed by atoms with Gasteiger partial charge in [0.25, 0.3) is 0 Å². The Balaban J connectivity index is 2.36. The summed E-state index contributed by atoms with van der Waals surface area (Å²) < 4.78 is 0. The number of nitriles is 1. The van der Waals surface area contributed by atoms with E-state index in [-0.39, 0.29) is 0 Å². The van der Waals surface area contributed by atoms with Gasteiger partial charge in [0, 0.05) is 5.56 Å². The van der Waals surface area contributed by atoms with Crippen LogP contribution in [0.1, 0.15) is 11.3 Å². The average Bonchev–Trinajstić information content (AvgIpc) is 2.53. The third-order valence-corrected chi connectivity index (χ3v) is 1.83. The molecule has 56 valence electrons. The third kappa shape index (κ3) is 0.726. The Bertz CT molecular complexity index is 320. The summed E-state index contributed by atoms with van der Waals surface area (Å²) in [6, 6.07) is 0. The predicted molar refractivity (Wildman–Crippen MR) is 37.2 cm³/mol. The average molecular weight is 149 g/mol. The number of fused-ring (bicyclic) bond motifs is 1. The summed E-state index contributed by atoms with van der Waals surface area (Å²) >= 11 is 0. The van der Waals surface area contributed by atoms with Crippen molar-refractivity contribution in [3.8, 4) is 6.19 Å². The van der Waals surface area contributed by atoms with Crippen molar-refractivity contribution in [1.82, 2.24) is 14.8 Å². The maximum absolute atomic E-state index is 8.55. The van der Waals surface area contributed by atoms with Gasteiger partial charge >= 0.3 is 0 Å². The van der Waals surface area contributed by atoms with Crippen LogP contribution in [0.15, 0.2) is 6.20 Å². The Morgan fingerprint density at radius 2 is 2.45 bits per heavy atom. The molecule has 2 N–H and O–H groups in total. The molecule has 0 atom stereocenters. The van der Waals surface area contributed by atoms with Gasteiger partial charge in [-0.15, -0.1) is 0 Å². The first kappa shape index (κ1) is 6.04. The fourth-order valence-electron chi connectivity index (χ4n) is 1.24. The smallest absolute Gasteiger partial charge is 0.180 e. The number of rotatable bonds is 0. The molecule has 1 aliphatic rings. The maximum Gasteiger partial charge on any atom is 0.180 e. The molecule has 0 amide bonds. The van der Waals surface area contributed by atoms with Gasteiger partial charge in [0.15, 0.2) is 6.19 Å². The minimum absolute atomic E-state index is 0.586. The van der Waals surface area contributed by atoms with Crippen LogP contribution in [0.5, 0.6) is 0 Å². The summed E-state index contributed by atoms with van der Waals surface area (Å²) in [6.07, 6.45) is 3.76. The van der Waals surface area contributed by atoms with E-state index in [4.69, 9.17) is 11.1 Å². The van der Waals surface area contributed by atoms with Crippen LogP contribution in [0.25, 0.3) is 0 Å². The largest absolute Gasteiger partial charge is 0.323 e. The minimum atomic E-state index is 0.586. The zero-order chi connectivity index (χ0) is 7.84. The molecule has 0 fully saturated rings. The van der Waals surface area contributed by atoms with Crippen LogP contribution in [-0.4, -0.2) is 14.8 Å². The van der Waals surface area contributed by atoms with Crippen LogP contribution in [0, 0.1) is 11.5 Å². The Kier molecular flexibility index (Phi) is 1.04. The van der Waals surface area contributed by atoms with E-state index in [1.54, 1.807) is 11.1 Å². The Labute approximate surface area is 63.6 Å². The highest BCUT2D eigenvalue weighted by atomic mass is 15.5. The van der Waals surface area contributed by atoms with Crippen LogP contribution in [-0.2, 0) is 13.1 Å². The van der Waals surface area contributed by atoms with Gasteiger partial charge < -0.3 is 10.7 Å². The molecule has 0 aromatic carbocycles. The van der Waals surface area contributed by atoms with E-state index in [9.17, 15) is 0 Å². The second kappa shape index (κ2) is 1.89. The Morgan fingerprint density at radius 3 is 3.09 bits per heavy atom. The van der Waals surface area contributed by atoms with Crippen molar-refractivity contribution in [2.24, 2.45) is 0 Å². The maximum atomic E-state index is 8.55. The third-order valence-electron chi connectivity index (χ3n) is 1.83. The summed E-state index contributed by atoms with van der Waals surface area (Å²) in [7, 11) is 0. The molecule has 11 heavy (non-hydrogen) atoms. The van der Waals surface area contributed by atoms with E-state index >= 15 is 0 Å². The summed E-state index contributed by atoms with van der Waals surface area (Å²) in [5.74, 6) is 5.48. The van der Waals surface area contributed by atoms with Crippen molar-refractivity contribution >= 4 is 0 Å². The van der Waals surface area contributed by atoms with Crippen LogP contribution >= 0.6 is 0 Å². The van der Waals surface area contributed by atoms with Gasteiger partial charge in [0.1, 0.15) is 0 Å². The van der Waals surface area contributed by atoms with Gasteiger partial charge in [0.05, 0.1) is 25.0 Å². The quantitative estimate of drug-likeness (QED) is 0.394. The van der Waals surface area contributed by atoms with Crippen molar-refractivity contribution < 1.29 is 0 Å². The summed E-state index contributed by atoms with van der Waals surface area (Å²) in [6.45, 7) is 1.23. The Morgan fingerprint density at radius 1 is 1.64 bits per heavy atom. The molecule has 1 aliphatic heterocycles. The fraction of sp³-hybridized carbons (Fsp3) is 0.333. The highest BCUT2D eigenvalue weighted by Crippen LogP contribution is 2.19. The van der Waals surface area contributed by atoms with Crippen LogP contribution in [0.3, 0.4) is 0 Å². The number of aromatic nitrogens is 2. The molecule has 0 radical (unpaired) electrons. The lowest BCUT2D eigenvalue weighted by atomic mass is 10.3. The normalized spacial score (nSPS) is 14.6. The Hall–Kier alpha value is -1.70. The number of nitrogen functional groups attached to an aromatic ring is 1. The minimum Gasteiger partial charge on any atom is -0.323 e. The summed E-state index contributed by atoms with van der Waals surface area (Å²) in [4.78, 5) is 2.96. The number of nitrogens with two attached hydrogens (primary N) is 1. The lowest BCUT2D eigenvalue weighted by Gasteiger charge is -2.03. The zero-order valence-corrected chi connectivity index (χ0v) is 5.86. The highest BCUT2D eigenvalue weighted by molar-refractivity contribution is 5.23. The van der Waals surface area contributed by atoms with Gasteiger partial charge in [0.2, 0.25) is 0 Å². The van der Waals surface area contributed by atoms with Crippen molar-refractivity contribution in [3.63, 3.8) is 0 Å². The van der Waals surface area contributed by atoms with E-state index in [2.05, 4.69) is 11.3 Å². The number of nitrogens with zero attached hydrogens (tertiary/aromatic N) is 4. The molecule has 0 unspecified atom stereocenters. The predicted octanol–water partition coefficient (Wildman–Crippen LogP) is -0.606. The lowest BCUT2D eigenvalue weighted by Crippen LogP contribution is -2.16. The standard InChI is InChI=1S/C6H7N5/c7-4-10-2-5-1-9-11(8)6(5)3-10/h1H,2-3,8H2. The molecule has 5 nitrogen and oxygen atoms in total. The summed E-state index contributed by atoms with van der Waals surface area (Å²) in [5, 5.41) is 12.4. The molecule has 1 aromatic heterocycles. The van der Waals surface area contributed by atoms with E-state index in [1.165, 1.54) is 4.79 Å². The molecular formula is C6H7N5. The first-order valence-corrected chi connectivity index (χ1v) is 3.27. The van der Waals surface area contributed by atoms with E-state index in [1.807, 2.05) is 0 Å². The number of hydrogen-bond donors (Lipinski definition) is 1. The monoisotopic (exact) mass is 149 g/mol. The highest BCUT2D eigenvalue weighted by Gasteiger charge is 2.21. The molecule has 0 aliphatic carbocycles. The van der Waals surface area contributed by atoms with Crippen molar-refractivity contribution in [2.75, 3.05) is 5.84 Å².